The highest BCUT2D eigenvalue weighted by Gasteiger charge is 2.22. The van der Waals surface area contributed by atoms with Gasteiger partial charge in [0, 0.05) is 18.7 Å². The molecule has 2 amide bonds. The maximum absolute atomic E-state index is 13.4. The molecule has 1 aliphatic rings. The number of urea groups is 1. The highest BCUT2D eigenvalue weighted by Crippen LogP contribution is 2.17. The fourth-order valence-corrected chi connectivity index (χ4v) is 2.80. The molecule has 1 aliphatic heterocycles. The van der Waals surface area contributed by atoms with Crippen molar-refractivity contribution in [3.05, 3.63) is 29.8 Å². The molecule has 0 aliphatic carbocycles. The second-order valence-corrected chi connectivity index (χ2v) is 5.73. The summed E-state index contributed by atoms with van der Waals surface area (Å²) in [6.07, 6.45) is 3.85. The second-order valence-electron chi connectivity index (χ2n) is 5.73. The van der Waals surface area contributed by atoms with E-state index in [-0.39, 0.29) is 18.3 Å². The van der Waals surface area contributed by atoms with Gasteiger partial charge in [-0.25, -0.2) is 13.6 Å². The lowest BCUT2D eigenvalue weighted by atomic mass is 10.2. The Morgan fingerprint density at radius 1 is 1.35 bits per heavy atom. The Kier molecular flexibility index (Phi) is 6.73. The fraction of sp³-hybridized carbons (Fsp3) is 0.562. The molecule has 0 radical (unpaired) electrons. The smallest absolute Gasteiger partial charge is 0.319 e. The number of likely N-dealkylation sites (tertiary alicyclic amines) is 1. The van der Waals surface area contributed by atoms with Gasteiger partial charge in [-0.1, -0.05) is 0 Å². The topological polar surface area (TPSA) is 64.6 Å². The molecule has 2 rings (SSSR count). The average molecular weight is 327 g/mol. The molecule has 7 heteroatoms. The first-order chi connectivity index (χ1) is 11.1. The summed E-state index contributed by atoms with van der Waals surface area (Å²) in [4.78, 5) is 13.9. The Bertz CT molecular complexity index is 528. The number of nitrogens with zero attached hydrogens (tertiary/aromatic N) is 1. The third-order valence-electron chi connectivity index (χ3n) is 4.04. The molecule has 0 bridgehead atoms. The Hall–Kier alpha value is -1.73. The van der Waals surface area contributed by atoms with E-state index in [9.17, 15) is 18.7 Å². The van der Waals surface area contributed by atoms with E-state index in [0.29, 0.717) is 6.54 Å². The molecule has 128 valence electrons. The molecule has 1 aromatic carbocycles. The molecule has 23 heavy (non-hydrogen) atoms. The maximum Gasteiger partial charge on any atom is 0.319 e. The van der Waals surface area contributed by atoms with Crippen LogP contribution in [0, 0.1) is 11.6 Å². The third-order valence-corrected chi connectivity index (χ3v) is 4.04. The summed E-state index contributed by atoms with van der Waals surface area (Å²) in [5.74, 6) is -1.28. The maximum atomic E-state index is 13.4. The number of unbranched alkanes of at least 4 members (excludes halogenated alkanes) is 1. The van der Waals surface area contributed by atoms with Crippen LogP contribution in [0.15, 0.2) is 18.2 Å². The Labute approximate surface area is 134 Å². The fourth-order valence-electron chi connectivity index (χ4n) is 2.80. The Balaban J connectivity index is 1.62. The number of amides is 2. The van der Waals surface area contributed by atoms with E-state index in [4.69, 9.17) is 0 Å². The van der Waals surface area contributed by atoms with Crippen LogP contribution in [-0.2, 0) is 0 Å². The number of carbonyl (C=O) groups is 1. The van der Waals surface area contributed by atoms with Crippen LogP contribution in [-0.4, -0.2) is 48.3 Å². The number of hydrogen-bond donors (Lipinski definition) is 3. The van der Waals surface area contributed by atoms with Crippen molar-refractivity contribution in [1.29, 1.82) is 0 Å². The Morgan fingerprint density at radius 3 is 2.96 bits per heavy atom. The molecular formula is C16H23F2N3O2. The summed E-state index contributed by atoms with van der Waals surface area (Å²) >= 11 is 0. The van der Waals surface area contributed by atoms with Crippen LogP contribution < -0.4 is 10.6 Å². The van der Waals surface area contributed by atoms with Crippen LogP contribution in [0.3, 0.4) is 0 Å². The Morgan fingerprint density at radius 2 is 2.17 bits per heavy atom. The van der Waals surface area contributed by atoms with E-state index < -0.39 is 17.7 Å². The number of anilines is 1. The van der Waals surface area contributed by atoms with E-state index in [0.717, 1.165) is 57.0 Å². The van der Waals surface area contributed by atoms with Gasteiger partial charge in [0.1, 0.15) is 11.6 Å². The minimum absolute atomic E-state index is 0.176. The van der Waals surface area contributed by atoms with Gasteiger partial charge in [0.2, 0.25) is 0 Å². The molecule has 0 saturated carbocycles. The van der Waals surface area contributed by atoms with Gasteiger partial charge in [-0.05, 0) is 50.9 Å². The molecule has 0 spiro atoms. The lowest BCUT2D eigenvalue weighted by Gasteiger charge is -2.22. The minimum atomic E-state index is -0.675. The number of aliphatic hydroxyl groups is 1. The number of aliphatic hydroxyl groups excluding tert-OH is 1. The van der Waals surface area contributed by atoms with Gasteiger partial charge >= 0.3 is 6.03 Å². The summed E-state index contributed by atoms with van der Waals surface area (Å²) in [5.41, 5.74) is -0.176. The zero-order valence-corrected chi connectivity index (χ0v) is 13.0. The SMILES string of the molecule is O=C(NCCCCN1CCCC1CO)Nc1cc(F)ccc1F. The van der Waals surface area contributed by atoms with Gasteiger partial charge in [-0.2, -0.15) is 0 Å². The average Bonchev–Trinajstić information content (AvgIpc) is 2.98. The van der Waals surface area contributed by atoms with E-state index in [1.165, 1.54) is 0 Å². The lowest BCUT2D eigenvalue weighted by Crippen LogP contribution is -2.34. The minimum Gasteiger partial charge on any atom is -0.395 e. The van der Waals surface area contributed by atoms with E-state index in [1.807, 2.05) is 0 Å². The molecular weight excluding hydrogens is 304 g/mol. The first-order valence-electron chi connectivity index (χ1n) is 7.95. The van der Waals surface area contributed by atoms with Crippen molar-refractivity contribution in [1.82, 2.24) is 10.2 Å². The number of carbonyl (C=O) groups excluding carboxylic acids is 1. The number of rotatable bonds is 7. The van der Waals surface area contributed by atoms with Gasteiger partial charge in [0.25, 0.3) is 0 Å². The first kappa shape index (κ1) is 17.6. The van der Waals surface area contributed by atoms with Crippen molar-refractivity contribution >= 4 is 11.7 Å². The van der Waals surface area contributed by atoms with Gasteiger partial charge in [-0.3, -0.25) is 4.90 Å². The van der Waals surface area contributed by atoms with Crippen LogP contribution in [0.5, 0.6) is 0 Å². The van der Waals surface area contributed by atoms with Crippen molar-refractivity contribution in [3.63, 3.8) is 0 Å². The zero-order valence-electron chi connectivity index (χ0n) is 13.0. The van der Waals surface area contributed by atoms with Crippen molar-refractivity contribution in [2.75, 3.05) is 31.6 Å². The molecule has 1 heterocycles. The van der Waals surface area contributed by atoms with Gasteiger partial charge in [0.05, 0.1) is 12.3 Å². The highest BCUT2D eigenvalue weighted by molar-refractivity contribution is 5.89. The van der Waals surface area contributed by atoms with Gasteiger partial charge in [-0.15, -0.1) is 0 Å². The summed E-state index contributed by atoms with van der Waals surface area (Å²) in [6, 6.07) is 2.62. The molecule has 1 aromatic rings. The van der Waals surface area contributed by atoms with Crippen LogP contribution in [0.25, 0.3) is 0 Å². The molecule has 3 N–H and O–H groups in total. The van der Waals surface area contributed by atoms with Crippen LogP contribution in [0.2, 0.25) is 0 Å². The second kappa shape index (κ2) is 8.79. The van der Waals surface area contributed by atoms with Crippen LogP contribution in [0.1, 0.15) is 25.7 Å². The number of benzene rings is 1. The highest BCUT2D eigenvalue weighted by atomic mass is 19.1. The molecule has 1 atom stereocenters. The van der Waals surface area contributed by atoms with E-state index >= 15 is 0 Å². The number of halogens is 2. The van der Waals surface area contributed by atoms with Crippen molar-refractivity contribution in [3.8, 4) is 0 Å². The van der Waals surface area contributed by atoms with Crippen molar-refractivity contribution in [2.45, 2.75) is 31.7 Å². The van der Waals surface area contributed by atoms with Gasteiger partial charge in [0.15, 0.2) is 0 Å². The van der Waals surface area contributed by atoms with Crippen LogP contribution >= 0.6 is 0 Å². The number of nitrogens with one attached hydrogen (secondary N) is 2. The summed E-state index contributed by atoms with van der Waals surface area (Å²) in [6.45, 7) is 2.56. The van der Waals surface area contributed by atoms with Crippen molar-refractivity contribution in [2.24, 2.45) is 0 Å². The number of hydrogen-bond acceptors (Lipinski definition) is 3. The first-order valence-corrected chi connectivity index (χ1v) is 7.95. The largest absolute Gasteiger partial charge is 0.395 e. The molecule has 1 saturated heterocycles. The molecule has 5 nitrogen and oxygen atoms in total. The standard InChI is InChI=1S/C16H23F2N3O2/c17-12-5-6-14(18)15(10-12)20-16(23)19-7-1-2-8-21-9-3-4-13(21)11-22/h5-6,10,13,22H,1-4,7-9,11H2,(H2,19,20,23). The molecule has 1 unspecified atom stereocenters. The van der Waals surface area contributed by atoms with E-state index in [2.05, 4.69) is 15.5 Å². The van der Waals surface area contributed by atoms with Crippen molar-refractivity contribution < 1.29 is 18.7 Å². The summed E-state index contributed by atoms with van der Waals surface area (Å²) in [7, 11) is 0. The summed E-state index contributed by atoms with van der Waals surface area (Å²) < 4.78 is 26.4. The monoisotopic (exact) mass is 327 g/mol. The van der Waals surface area contributed by atoms with Crippen LogP contribution in [0.4, 0.5) is 19.3 Å². The predicted molar refractivity (Wildman–Crippen MR) is 84.3 cm³/mol. The molecule has 0 aromatic heterocycles. The summed E-state index contributed by atoms with van der Waals surface area (Å²) in [5, 5.41) is 14.1. The zero-order chi connectivity index (χ0) is 16.7. The lowest BCUT2D eigenvalue weighted by molar-refractivity contribution is 0.157. The molecule has 1 fully saturated rings. The predicted octanol–water partition coefficient (Wildman–Crippen LogP) is 2.32. The normalized spacial score (nSPS) is 18.1. The quantitative estimate of drug-likeness (QED) is 0.674. The van der Waals surface area contributed by atoms with Gasteiger partial charge < -0.3 is 15.7 Å². The third kappa shape index (κ3) is 5.44. The van der Waals surface area contributed by atoms with E-state index in [1.54, 1.807) is 0 Å².